The highest BCUT2D eigenvalue weighted by Gasteiger charge is 2.14. The first-order valence-electron chi connectivity index (χ1n) is 6.34. The third-order valence-electron chi connectivity index (χ3n) is 3.25. The summed E-state index contributed by atoms with van der Waals surface area (Å²) in [4.78, 5) is 12.2. The first-order valence-corrected chi connectivity index (χ1v) is 6.34. The second-order valence-corrected chi connectivity index (χ2v) is 4.84. The van der Waals surface area contributed by atoms with Crippen molar-refractivity contribution in [2.45, 2.75) is 20.8 Å². The Morgan fingerprint density at radius 2 is 2.06 bits per heavy atom. The van der Waals surface area contributed by atoms with Gasteiger partial charge >= 0.3 is 0 Å². The molecule has 2 rings (SSSR count). The van der Waals surface area contributed by atoms with Crippen LogP contribution in [-0.2, 0) is 7.05 Å². The van der Waals surface area contributed by atoms with Crippen molar-refractivity contribution in [3.05, 3.63) is 35.0 Å². The van der Waals surface area contributed by atoms with Crippen molar-refractivity contribution < 1.29 is 4.79 Å². The van der Waals surface area contributed by atoms with Crippen molar-refractivity contribution in [1.82, 2.24) is 9.88 Å². The molecule has 1 N–H and O–H groups in total. The summed E-state index contributed by atoms with van der Waals surface area (Å²) in [7, 11) is 1.99. The van der Waals surface area contributed by atoms with Crippen LogP contribution in [0.4, 0.5) is 0 Å². The van der Waals surface area contributed by atoms with Gasteiger partial charge in [0, 0.05) is 24.2 Å². The van der Waals surface area contributed by atoms with Gasteiger partial charge in [0.1, 0.15) is 0 Å². The van der Waals surface area contributed by atoms with E-state index in [9.17, 15) is 4.79 Å². The summed E-state index contributed by atoms with van der Waals surface area (Å²) < 4.78 is 2.04. The fourth-order valence-electron chi connectivity index (χ4n) is 2.52. The van der Waals surface area contributed by atoms with Crippen LogP contribution in [0.2, 0.25) is 0 Å². The lowest BCUT2D eigenvalue weighted by Gasteiger charge is -2.03. The molecule has 0 bridgehead atoms. The van der Waals surface area contributed by atoms with E-state index in [0.29, 0.717) is 6.54 Å². The predicted octanol–water partition coefficient (Wildman–Crippen LogP) is 2.59. The maximum atomic E-state index is 12.2. The average molecular weight is 244 g/mol. The Hall–Kier alpha value is -1.61. The number of likely N-dealkylation sites (N-methyl/N-ethyl adjacent to an activating group) is 1. The normalized spacial score (nSPS) is 11.1. The number of hydrogen-bond acceptors (Lipinski definition) is 2. The lowest BCUT2D eigenvalue weighted by molar-refractivity contribution is 0.0993. The number of aryl methyl sites for hydroxylation is 3. The molecule has 3 nitrogen and oxygen atoms in total. The van der Waals surface area contributed by atoms with Crippen LogP contribution in [0.5, 0.6) is 0 Å². The Morgan fingerprint density at radius 1 is 1.33 bits per heavy atom. The molecular weight excluding hydrogens is 224 g/mol. The number of nitrogens with zero attached hydrogens (tertiary/aromatic N) is 1. The zero-order chi connectivity index (χ0) is 13.3. The highest BCUT2D eigenvalue weighted by molar-refractivity contribution is 6.09. The van der Waals surface area contributed by atoms with E-state index in [0.717, 1.165) is 23.0 Å². The Labute approximate surface area is 108 Å². The SMILES string of the molecule is CCNCC(=O)c1cn(C)c2c(C)cc(C)cc12. The van der Waals surface area contributed by atoms with Crippen LogP contribution in [-0.4, -0.2) is 23.4 Å². The molecule has 0 saturated heterocycles. The molecule has 0 fully saturated rings. The number of Topliss-reactive ketones (excluding diaryl/α,β-unsaturated/α-hetero) is 1. The molecule has 3 heteroatoms. The van der Waals surface area contributed by atoms with Gasteiger partial charge < -0.3 is 9.88 Å². The minimum atomic E-state index is 0.160. The number of carbonyl (C=O) groups excluding carboxylic acids is 1. The smallest absolute Gasteiger partial charge is 0.178 e. The number of benzene rings is 1. The van der Waals surface area contributed by atoms with Crippen LogP contribution in [0.15, 0.2) is 18.3 Å². The molecule has 0 aliphatic rings. The fourth-order valence-corrected chi connectivity index (χ4v) is 2.52. The number of rotatable bonds is 4. The summed E-state index contributed by atoms with van der Waals surface area (Å²) in [6, 6.07) is 4.25. The maximum absolute atomic E-state index is 12.2. The van der Waals surface area contributed by atoms with Crippen LogP contribution >= 0.6 is 0 Å². The third kappa shape index (κ3) is 2.18. The van der Waals surface area contributed by atoms with E-state index in [1.807, 2.05) is 24.7 Å². The van der Waals surface area contributed by atoms with Gasteiger partial charge in [-0.15, -0.1) is 0 Å². The van der Waals surface area contributed by atoms with Crippen LogP contribution in [0.25, 0.3) is 10.9 Å². The van der Waals surface area contributed by atoms with Crippen molar-refractivity contribution >= 4 is 16.7 Å². The zero-order valence-corrected chi connectivity index (χ0v) is 11.5. The van der Waals surface area contributed by atoms with Gasteiger partial charge in [-0.05, 0) is 32.0 Å². The van der Waals surface area contributed by atoms with Crippen LogP contribution in [0.3, 0.4) is 0 Å². The molecule has 0 atom stereocenters. The highest BCUT2D eigenvalue weighted by atomic mass is 16.1. The van der Waals surface area contributed by atoms with Crippen molar-refractivity contribution in [3.63, 3.8) is 0 Å². The minimum Gasteiger partial charge on any atom is -0.350 e. The molecule has 96 valence electrons. The zero-order valence-electron chi connectivity index (χ0n) is 11.5. The third-order valence-corrected chi connectivity index (χ3v) is 3.25. The van der Waals surface area contributed by atoms with Crippen LogP contribution in [0.1, 0.15) is 28.4 Å². The highest BCUT2D eigenvalue weighted by Crippen LogP contribution is 2.25. The Kier molecular flexibility index (Phi) is 3.53. The van der Waals surface area contributed by atoms with Gasteiger partial charge in [0.2, 0.25) is 0 Å². The van der Waals surface area contributed by atoms with Crippen LogP contribution in [0, 0.1) is 13.8 Å². The van der Waals surface area contributed by atoms with Gasteiger partial charge in [-0.25, -0.2) is 0 Å². The molecule has 0 saturated carbocycles. The number of ketones is 1. The van der Waals surface area contributed by atoms with E-state index >= 15 is 0 Å². The molecule has 2 aromatic rings. The Morgan fingerprint density at radius 3 is 2.72 bits per heavy atom. The molecule has 0 unspecified atom stereocenters. The summed E-state index contributed by atoms with van der Waals surface area (Å²) in [5.41, 5.74) is 4.39. The summed E-state index contributed by atoms with van der Waals surface area (Å²) in [5.74, 6) is 0.160. The van der Waals surface area contributed by atoms with Gasteiger partial charge in [0.05, 0.1) is 12.1 Å². The van der Waals surface area contributed by atoms with Crippen molar-refractivity contribution in [3.8, 4) is 0 Å². The molecule has 1 aromatic carbocycles. The fraction of sp³-hybridized carbons (Fsp3) is 0.400. The number of nitrogens with one attached hydrogen (secondary N) is 1. The number of fused-ring (bicyclic) bond motifs is 1. The number of hydrogen-bond donors (Lipinski definition) is 1. The molecule has 1 heterocycles. The van der Waals surface area contributed by atoms with E-state index in [2.05, 4.69) is 31.3 Å². The summed E-state index contributed by atoms with van der Waals surface area (Å²) in [5, 5.41) is 4.16. The molecule has 18 heavy (non-hydrogen) atoms. The van der Waals surface area contributed by atoms with Gasteiger partial charge in [-0.1, -0.05) is 18.6 Å². The second kappa shape index (κ2) is 4.94. The lowest BCUT2D eigenvalue weighted by atomic mass is 10.0. The van der Waals surface area contributed by atoms with E-state index < -0.39 is 0 Å². The minimum absolute atomic E-state index is 0.160. The van der Waals surface area contributed by atoms with Crippen molar-refractivity contribution in [1.29, 1.82) is 0 Å². The molecule has 0 amide bonds. The molecular formula is C15H20N2O. The summed E-state index contributed by atoms with van der Waals surface area (Å²) in [6.07, 6.45) is 1.94. The van der Waals surface area contributed by atoms with E-state index in [1.165, 1.54) is 11.1 Å². The first-order chi connectivity index (χ1) is 8.54. The average Bonchev–Trinajstić information content (AvgIpc) is 2.63. The molecule has 0 radical (unpaired) electrons. The molecule has 0 aliphatic heterocycles. The van der Waals surface area contributed by atoms with Gasteiger partial charge in [0.15, 0.2) is 5.78 Å². The molecule has 0 spiro atoms. The number of carbonyl (C=O) groups is 1. The largest absolute Gasteiger partial charge is 0.350 e. The topological polar surface area (TPSA) is 34.0 Å². The Bertz CT molecular complexity index is 596. The van der Waals surface area contributed by atoms with Gasteiger partial charge in [-0.2, -0.15) is 0 Å². The van der Waals surface area contributed by atoms with Gasteiger partial charge in [0.25, 0.3) is 0 Å². The van der Waals surface area contributed by atoms with E-state index in [-0.39, 0.29) is 5.78 Å². The summed E-state index contributed by atoms with van der Waals surface area (Å²) >= 11 is 0. The van der Waals surface area contributed by atoms with Gasteiger partial charge in [-0.3, -0.25) is 4.79 Å². The van der Waals surface area contributed by atoms with E-state index in [1.54, 1.807) is 0 Å². The standard InChI is InChI=1S/C15H20N2O/c1-5-16-8-14(18)13-9-17(4)15-11(3)6-10(2)7-12(13)15/h6-7,9,16H,5,8H2,1-4H3. The second-order valence-electron chi connectivity index (χ2n) is 4.84. The van der Waals surface area contributed by atoms with E-state index in [4.69, 9.17) is 0 Å². The quantitative estimate of drug-likeness (QED) is 0.839. The molecule has 1 aromatic heterocycles. The summed E-state index contributed by atoms with van der Waals surface area (Å²) in [6.45, 7) is 7.38. The van der Waals surface area contributed by atoms with Crippen LogP contribution < -0.4 is 5.32 Å². The monoisotopic (exact) mass is 244 g/mol. The lowest BCUT2D eigenvalue weighted by Crippen LogP contribution is -2.22. The Balaban J connectivity index is 2.55. The van der Waals surface area contributed by atoms with Crippen molar-refractivity contribution in [2.24, 2.45) is 7.05 Å². The predicted molar refractivity (Wildman–Crippen MR) is 75.3 cm³/mol. The molecule has 0 aliphatic carbocycles. The van der Waals surface area contributed by atoms with Crippen molar-refractivity contribution in [2.75, 3.05) is 13.1 Å². The number of aromatic nitrogens is 1. The maximum Gasteiger partial charge on any atom is 0.178 e. The first kappa shape index (κ1) is 12.8.